The lowest BCUT2D eigenvalue weighted by molar-refractivity contribution is 0.146. The molecule has 0 aliphatic rings. The van der Waals surface area contributed by atoms with Crippen molar-refractivity contribution in [3.05, 3.63) is 17.5 Å². The van der Waals surface area contributed by atoms with E-state index in [0.717, 1.165) is 0 Å². The van der Waals surface area contributed by atoms with E-state index < -0.39 is 6.43 Å². The van der Waals surface area contributed by atoms with E-state index in [2.05, 4.69) is 15.3 Å². The first-order valence-electron chi connectivity index (χ1n) is 4.21. The fourth-order valence-corrected chi connectivity index (χ4v) is 0.968. The summed E-state index contributed by atoms with van der Waals surface area (Å²) < 4.78 is 24.6. The third kappa shape index (κ3) is 2.88. The number of hydrogen-bond acceptors (Lipinski definition) is 4. The molecule has 0 amide bonds. The van der Waals surface area contributed by atoms with Gasteiger partial charge < -0.3 is 11.1 Å². The summed E-state index contributed by atoms with van der Waals surface area (Å²) in [5, 5.41) is 2.75. The third-order valence-corrected chi connectivity index (χ3v) is 1.53. The van der Waals surface area contributed by atoms with E-state index in [0.29, 0.717) is 18.8 Å². The predicted molar refractivity (Wildman–Crippen MR) is 49.3 cm³/mol. The van der Waals surface area contributed by atoms with Gasteiger partial charge in [-0.25, -0.2) is 18.7 Å². The summed E-state index contributed by atoms with van der Waals surface area (Å²) >= 11 is 0. The van der Waals surface area contributed by atoms with E-state index in [9.17, 15) is 8.78 Å². The summed E-state index contributed by atoms with van der Waals surface area (Å²) in [6, 6.07) is 1.26. The average Bonchev–Trinajstić information content (AvgIpc) is 2.14. The minimum atomic E-state index is -2.57. The molecule has 3 N–H and O–H groups in total. The molecule has 0 aliphatic carbocycles. The topological polar surface area (TPSA) is 63.8 Å². The Morgan fingerprint density at radius 3 is 2.79 bits per heavy atom. The first kappa shape index (κ1) is 10.8. The second-order valence-corrected chi connectivity index (χ2v) is 2.77. The van der Waals surface area contributed by atoms with Crippen molar-refractivity contribution in [3.63, 3.8) is 0 Å². The average molecular weight is 202 g/mol. The van der Waals surface area contributed by atoms with Gasteiger partial charge in [-0.2, -0.15) is 0 Å². The molecule has 78 valence electrons. The molecule has 0 unspecified atom stereocenters. The lowest BCUT2D eigenvalue weighted by Crippen LogP contribution is -2.15. The van der Waals surface area contributed by atoms with Gasteiger partial charge in [-0.3, -0.25) is 0 Å². The van der Waals surface area contributed by atoms with Crippen LogP contribution < -0.4 is 11.1 Å². The fourth-order valence-electron chi connectivity index (χ4n) is 0.968. The minimum absolute atomic E-state index is 0.200. The second-order valence-electron chi connectivity index (χ2n) is 2.77. The molecule has 4 nitrogen and oxygen atoms in total. The number of halogens is 2. The first-order valence-corrected chi connectivity index (χ1v) is 4.21. The van der Waals surface area contributed by atoms with Crippen molar-refractivity contribution in [1.82, 2.24) is 9.97 Å². The number of aromatic nitrogens is 2. The van der Waals surface area contributed by atoms with E-state index >= 15 is 0 Å². The number of nitrogens with two attached hydrogens (primary N) is 1. The van der Waals surface area contributed by atoms with Crippen LogP contribution in [0.1, 0.15) is 17.8 Å². The standard InChI is InChI=1S/C8H12F2N4/c1-5-4-6(7(9)10)14-8(13-5)12-3-2-11/h4,7H,2-3,11H2,1H3,(H,12,13,14). The quantitative estimate of drug-likeness (QED) is 0.767. The van der Waals surface area contributed by atoms with Crippen molar-refractivity contribution in [2.75, 3.05) is 18.4 Å². The summed E-state index contributed by atoms with van der Waals surface area (Å²) in [5.41, 5.74) is 5.49. The van der Waals surface area contributed by atoms with Crippen molar-refractivity contribution < 1.29 is 8.78 Å². The van der Waals surface area contributed by atoms with Gasteiger partial charge in [0.25, 0.3) is 6.43 Å². The van der Waals surface area contributed by atoms with Crippen molar-refractivity contribution in [2.24, 2.45) is 5.73 Å². The highest BCUT2D eigenvalue weighted by atomic mass is 19.3. The van der Waals surface area contributed by atoms with Gasteiger partial charge in [0, 0.05) is 18.8 Å². The minimum Gasteiger partial charge on any atom is -0.353 e. The Labute approximate surface area is 80.6 Å². The van der Waals surface area contributed by atoms with Gasteiger partial charge in [-0.1, -0.05) is 0 Å². The second kappa shape index (κ2) is 4.80. The predicted octanol–water partition coefficient (Wildman–Crippen LogP) is 1.09. The molecule has 0 fully saturated rings. The van der Waals surface area contributed by atoms with Gasteiger partial charge >= 0.3 is 0 Å². The number of aryl methyl sites for hydroxylation is 1. The van der Waals surface area contributed by atoms with Gasteiger partial charge in [0.15, 0.2) is 0 Å². The van der Waals surface area contributed by atoms with Gasteiger partial charge in [0.05, 0.1) is 0 Å². The molecule has 1 heterocycles. The number of alkyl halides is 2. The fraction of sp³-hybridized carbons (Fsp3) is 0.500. The number of nitrogens with zero attached hydrogens (tertiary/aromatic N) is 2. The molecule has 1 aromatic rings. The maximum atomic E-state index is 12.3. The smallest absolute Gasteiger partial charge is 0.280 e. The number of hydrogen-bond donors (Lipinski definition) is 2. The van der Waals surface area contributed by atoms with E-state index in [4.69, 9.17) is 5.73 Å². The largest absolute Gasteiger partial charge is 0.353 e. The zero-order chi connectivity index (χ0) is 10.6. The number of nitrogens with one attached hydrogen (secondary N) is 1. The van der Waals surface area contributed by atoms with Crippen LogP contribution in [0.4, 0.5) is 14.7 Å². The van der Waals surface area contributed by atoms with Crippen LogP contribution in [-0.4, -0.2) is 23.1 Å². The molecule has 1 aromatic heterocycles. The molecule has 0 saturated heterocycles. The van der Waals surface area contributed by atoms with Crippen LogP contribution in [0, 0.1) is 6.92 Å². The molecular weight excluding hydrogens is 190 g/mol. The van der Waals surface area contributed by atoms with Gasteiger partial charge in [0.2, 0.25) is 5.95 Å². The Bertz CT molecular complexity index is 303. The molecule has 6 heteroatoms. The summed E-state index contributed by atoms with van der Waals surface area (Å²) in [5.74, 6) is 0.200. The molecule has 14 heavy (non-hydrogen) atoms. The highest BCUT2D eigenvalue weighted by molar-refractivity contribution is 5.28. The maximum absolute atomic E-state index is 12.3. The lowest BCUT2D eigenvalue weighted by atomic mass is 10.3. The Kier molecular flexibility index (Phi) is 3.70. The number of rotatable bonds is 4. The molecule has 0 aromatic carbocycles. The Balaban J connectivity index is 2.84. The van der Waals surface area contributed by atoms with Crippen LogP contribution in [0.15, 0.2) is 6.07 Å². The molecule has 0 bridgehead atoms. The summed E-state index contributed by atoms with van der Waals surface area (Å²) in [6.45, 7) is 2.51. The highest BCUT2D eigenvalue weighted by Gasteiger charge is 2.10. The molecule has 0 radical (unpaired) electrons. The van der Waals surface area contributed by atoms with Crippen LogP contribution in [0.25, 0.3) is 0 Å². The van der Waals surface area contributed by atoms with Crippen molar-refractivity contribution in [1.29, 1.82) is 0 Å². The third-order valence-electron chi connectivity index (χ3n) is 1.53. The zero-order valence-electron chi connectivity index (χ0n) is 7.80. The lowest BCUT2D eigenvalue weighted by Gasteiger charge is -2.06. The molecule has 0 atom stereocenters. The maximum Gasteiger partial charge on any atom is 0.280 e. The summed E-state index contributed by atoms with van der Waals surface area (Å²) in [4.78, 5) is 7.59. The van der Waals surface area contributed by atoms with Crippen LogP contribution >= 0.6 is 0 Å². The van der Waals surface area contributed by atoms with Crippen LogP contribution in [-0.2, 0) is 0 Å². The highest BCUT2D eigenvalue weighted by Crippen LogP contribution is 2.17. The van der Waals surface area contributed by atoms with Crippen LogP contribution in [0.3, 0.4) is 0 Å². The first-order chi connectivity index (χ1) is 6.63. The van der Waals surface area contributed by atoms with E-state index in [1.807, 2.05) is 0 Å². The Morgan fingerprint density at radius 2 is 2.21 bits per heavy atom. The molecule has 1 rings (SSSR count). The Hall–Kier alpha value is -1.30. The van der Waals surface area contributed by atoms with Crippen molar-refractivity contribution in [2.45, 2.75) is 13.3 Å². The molecule has 0 aliphatic heterocycles. The van der Waals surface area contributed by atoms with E-state index in [1.165, 1.54) is 6.07 Å². The SMILES string of the molecule is Cc1cc(C(F)F)nc(NCCN)n1. The molecular formula is C8H12F2N4. The monoisotopic (exact) mass is 202 g/mol. The molecule has 0 saturated carbocycles. The summed E-state index contributed by atoms with van der Waals surface area (Å²) in [6.07, 6.45) is -2.57. The van der Waals surface area contributed by atoms with Crippen LogP contribution in [0.2, 0.25) is 0 Å². The van der Waals surface area contributed by atoms with E-state index in [-0.39, 0.29) is 11.6 Å². The van der Waals surface area contributed by atoms with Crippen molar-refractivity contribution >= 4 is 5.95 Å². The van der Waals surface area contributed by atoms with Gasteiger partial charge in [-0.15, -0.1) is 0 Å². The molecule has 0 spiro atoms. The van der Waals surface area contributed by atoms with Gasteiger partial charge in [-0.05, 0) is 13.0 Å². The normalized spacial score (nSPS) is 10.6. The summed E-state index contributed by atoms with van der Waals surface area (Å²) in [7, 11) is 0. The van der Waals surface area contributed by atoms with Gasteiger partial charge in [0.1, 0.15) is 5.69 Å². The number of anilines is 1. The van der Waals surface area contributed by atoms with E-state index in [1.54, 1.807) is 6.92 Å². The zero-order valence-corrected chi connectivity index (χ0v) is 7.80. The Morgan fingerprint density at radius 1 is 1.50 bits per heavy atom. The van der Waals surface area contributed by atoms with Crippen molar-refractivity contribution in [3.8, 4) is 0 Å². The van der Waals surface area contributed by atoms with Crippen LogP contribution in [0.5, 0.6) is 0 Å².